The summed E-state index contributed by atoms with van der Waals surface area (Å²) in [7, 11) is -0.209. The first-order valence-corrected chi connectivity index (χ1v) is 12.6. The number of carbonyl (C=O) groups is 2. The first kappa shape index (κ1) is 26.9. The van der Waals surface area contributed by atoms with Gasteiger partial charge in [0.2, 0.25) is 5.91 Å². The zero-order valence-electron chi connectivity index (χ0n) is 18.1. The molecule has 0 saturated carbocycles. The largest absolute Gasteiger partial charge is 0.469 e. The minimum absolute atomic E-state index is 0.0317. The van der Waals surface area contributed by atoms with Crippen molar-refractivity contribution in [3.63, 3.8) is 0 Å². The summed E-state index contributed by atoms with van der Waals surface area (Å²) in [6.07, 6.45) is 5.92. The van der Waals surface area contributed by atoms with Crippen molar-refractivity contribution in [3.05, 3.63) is 28.2 Å². The average molecular weight is 478 g/mol. The minimum atomic E-state index is -1.50. The molecule has 0 aliphatic carbocycles. The summed E-state index contributed by atoms with van der Waals surface area (Å²) >= 11 is 12.0. The number of hydrogen-bond acceptors (Lipinski definition) is 4. The van der Waals surface area contributed by atoms with E-state index < -0.39 is 22.7 Å². The van der Waals surface area contributed by atoms with Crippen LogP contribution in [0.2, 0.25) is 10.0 Å². The summed E-state index contributed by atoms with van der Waals surface area (Å²) in [6.45, 7) is 5.52. The van der Waals surface area contributed by atoms with E-state index in [0.717, 1.165) is 38.5 Å². The van der Waals surface area contributed by atoms with Gasteiger partial charge < -0.3 is 9.64 Å². The molecule has 170 valence electrons. The number of unbranched alkanes of at least 4 members (excludes halogenated alkanes) is 4. The first-order chi connectivity index (χ1) is 14.3. The number of benzene rings is 1. The molecule has 8 heteroatoms. The molecule has 0 heterocycles. The molecule has 0 bridgehead atoms. The highest BCUT2D eigenvalue weighted by Crippen LogP contribution is 2.25. The number of ether oxygens (including phenoxy) is 1. The lowest BCUT2D eigenvalue weighted by Crippen LogP contribution is -2.40. The summed E-state index contributed by atoms with van der Waals surface area (Å²) < 4.78 is 17.7. The fourth-order valence-corrected chi connectivity index (χ4v) is 4.75. The van der Waals surface area contributed by atoms with Crippen LogP contribution in [0.15, 0.2) is 23.1 Å². The number of rotatable bonds is 14. The van der Waals surface area contributed by atoms with Crippen molar-refractivity contribution in [2.75, 3.05) is 26.0 Å². The zero-order chi connectivity index (χ0) is 22.5. The van der Waals surface area contributed by atoms with Gasteiger partial charge in [0.15, 0.2) is 0 Å². The van der Waals surface area contributed by atoms with Crippen LogP contribution in [0.3, 0.4) is 0 Å². The molecule has 30 heavy (non-hydrogen) atoms. The van der Waals surface area contributed by atoms with Gasteiger partial charge in [-0.3, -0.25) is 13.8 Å². The van der Waals surface area contributed by atoms with E-state index in [0.29, 0.717) is 28.0 Å². The van der Waals surface area contributed by atoms with E-state index in [1.54, 1.807) is 18.2 Å². The second-order valence-corrected chi connectivity index (χ2v) is 9.61. The number of hydrogen-bond donors (Lipinski definition) is 0. The zero-order valence-corrected chi connectivity index (χ0v) is 20.5. The Hall–Kier alpha value is -1.11. The molecule has 1 rings (SSSR count). The highest BCUT2D eigenvalue weighted by Gasteiger charge is 2.29. The molecular formula is C22H33Cl2NO4S. The van der Waals surface area contributed by atoms with Crippen LogP contribution in [0.1, 0.15) is 58.8 Å². The molecule has 2 unspecified atom stereocenters. The van der Waals surface area contributed by atoms with E-state index in [2.05, 4.69) is 13.8 Å². The molecule has 5 nitrogen and oxygen atoms in total. The Morgan fingerprint density at radius 1 is 1.03 bits per heavy atom. The van der Waals surface area contributed by atoms with Crippen LogP contribution >= 0.6 is 23.2 Å². The van der Waals surface area contributed by atoms with Gasteiger partial charge in [-0.05, 0) is 31.0 Å². The molecule has 2 atom stereocenters. The molecule has 0 fully saturated rings. The quantitative estimate of drug-likeness (QED) is 0.262. The Balaban J connectivity index is 2.99. The molecule has 0 aromatic heterocycles. The summed E-state index contributed by atoms with van der Waals surface area (Å²) in [5, 5.41) is 0.678. The van der Waals surface area contributed by atoms with Crippen molar-refractivity contribution in [2.24, 2.45) is 5.92 Å². The molecule has 0 N–H and O–H groups in total. The van der Waals surface area contributed by atoms with Crippen LogP contribution in [-0.4, -0.2) is 46.9 Å². The normalized spacial score (nSPS) is 13.0. The summed E-state index contributed by atoms with van der Waals surface area (Å²) in [5.74, 6) is -1.30. The average Bonchev–Trinajstić information content (AvgIpc) is 2.73. The predicted octanol–water partition coefficient (Wildman–Crippen LogP) is 5.49. The fraction of sp³-hybridized carbons (Fsp3) is 0.636. The van der Waals surface area contributed by atoms with Crippen molar-refractivity contribution in [1.29, 1.82) is 0 Å². The molecule has 1 amide bonds. The first-order valence-electron chi connectivity index (χ1n) is 10.5. The van der Waals surface area contributed by atoms with Crippen LogP contribution in [0.4, 0.5) is 0 Å². The smallest absolute Gasteiger partial charge is 0.306 e. The summed E-state index contributed by atoms with van der Waals surface area (Å²) in [4.78, 5) is 27.6. The molecule has 0 saturated heterocycles. The molecule has 1 aromatic carbocycles. The number of amides is 1. The Bertz CT molecular complexity index is 704. The molecule has 0 aliphatic rings. The Morgan fingerprint density at radius 3 is 2.13 bits per heavy atom. The Morgan fingerprint density at radius 2 is 1.63 bits per heavy atom. The van der Waals surface area contributed by atoms with Gasteiger partial charge in [-0.15, -0.1) is 0 Å². The summed E-state index contributed by atoms with van der Waals surface area (Å²) in [5.41, 5.74) is 0. The van der Waals surface area contributed by atoms with Gasteiger partial charge in [0, 0.05) is 23.7 Å². The van der Waals surface area contributed by atoms with E-state index in [9.17, 15) is 13.8 Å². The monoisotopic (exact) mass is 477 g/mol. The van der Waals surface area contributed by atoms with E-state index in [1.807, 2.05) is 4.90 Å². The summed E-state index contributed by atoms with van der Waals surface area (Å²) in [6, 6.07) is 4.75. The third kappa shape index (κ3) is 9.36. The van der Waals surface area contributed by atoms with Gasteiger partial charge in [-0.1, -0.05) is 62.7 Å². The lowest BCUT2D eigenvalue weighted by Gasteiger charge is -2.27. The van der Waals surface area contributed by atoms with Crippen molar-refractivity contribution >= 4 is 45.9 Å². The molecular weight excluding hydrogens is 445 g/mol. The predicted molar refractivity (Wildman–Crippen MR) is 123 cm³/mol. The van der Waals surface area contributed by atoms with Crippen LogP contribution in [0.5, 0.6) is 0 Å². The van der Waals surface area contributed by atoms with Crippen molar-refractivity contribution in [2.45, 2.75) is 63.7 Å². The van der Waals surface area contributed by atoms with E-state index in [1.165, 1.54) is 7.11 Å². The van der Waals surface area contributed by atoms with Gasteiger partial charge in [0.1, 0.15) is 0 Å². The van der Waals surface area contributed by atoms with Crippen molar-refractivity contribution in [1.82, 2.24) is 4.90 Å². The highest BCUT2D eigenvalue weighted by atomic mass is 35.5. The number of nitrogens with zero attached hydrogens (tertiary/aromatic N) is 1. The van der Waals surface area contributed by atoms with E-state index >= 15 is 0 Å². The van der Waals surface area contributed by atoms with Crippen LogP contribution in [-0.2, 0) is 25.1 Å². The van der Waals surface area contributed by atoms with Crippen molar-refractivity contribution in [3.8, 4) is 0 Å². The van der Waals surface area contributed by atoms with Gasteiger partial charge >= 0.3 is 5.97 Å². The number of methoxy groups -OCH3 is 1. The molecule has 0 aliphatic heterocycles. The van der Waals surface area contributed by atoms with E-state index in [4.69, 9.17) is 27.9 Å². The van der Waals surface area contributed by atoms with Crippen molar-refractivity contribution < 1.29 is 18.5 Å². The maximum Gasteiger partial charge on any atom is 0.306 e. The maximum absolute atomic E-state index is 13.3. The number of carbonyl (C=O) groups excluding carboxylic acids is 2. The Labute approximate surface area is 192 Å². The van der Waals surface area contributed by atoms with Gasteiger partial charge in [0.25, 0.3) is 0 Å². The third-order valence-corrected chi connectivity index (χ3v) is 7.10. The molecule has 1 aromatic rings. The van der Waals surface area contributed by atoms with Gasteiger partial charge in [-0.25, -0.2) is 0 Å². The highest BCUT2D eigenvalue weighted by molar-refractivity contribution is 7.85. The maximum atomic E-state index is 13.3. The topological polar surface area (TPSA) is 63.7 Å². The SMILES string of the molecule is CCCCCN(CCCCC)C(=O)C(CC(=O)OC)CS(=O)c1ccc(Cl)c(Cl)c1. The lowest BCUT2D eigenvalue weighted by atomic mass is 10.1. The molecule has 0 spiro atoms. The van der Waals surface area contributed by atoms with E-state index in [-0.39, 0.29) is 18.1 Å². The third-order valence-electron chi connectivity index (χ3n) is 4.87. The van der Waals surface area contributed by atoms with Crippen LogP contribution in [0, 0.1) is 5.92 Å². The van der Waals surface area contributed by atoms with Crippen LogP contribution in [0.25, 0.3) is 0 Å². The number of halogens is 2. The second-order valence-electron chi connectivity index (χ2n) is 7.30. The van der Waals surface area contributed by atoms with Gasteiger partial charge in [0.05, 0.1) is 40.3 Å². The Kier molecular flexibility index (Phi) is 13.3. The second kappa shape index (κ2) is 14.8. The van der Waals surface area contributed by atoms with Gasteiger partial charge in [-0.2, -0.15) is 0 Å². The fourth-order valence-electron chi connectivity index (χ4n) is 3.10. The standard InChI is InChI=1S/C22H33Cl2NO4S/c1-4-6-8-12-25(13-9-7-5-2)22(27)17(14-21(26)29-3)16-30(28)18-10-11-19(23)20(24)15-18/h10-11,15,17H,4-9,12-14,16H2,1-3H3. The van der Waals surface area contributed by atoms with Crippen LogP contribution < -0.4 is 0 Å². The lowest BCUT2D eigenvalue weighted by molar-refractivity contribution is -0.146. The minimum Gasteiger partial charge on any atom is -0.469 e. The number of esters is 1. The molecule has 0 radical (unpaired) electrons.